The molecule has 0 radical (unpaired) electrons. The van der Waals surface area contributed by atoms with E-state index in [1.807, 2.05) is 0 Å². The van der Waals surface area contributed by atoms with Crippen LogP contribution in [0.15, 0.2) is 35.2 Å². The number of nitrogens with zero attached hydrogens (tertiary/aromatic N) is 1. The van der Waals surface area contributed by atoms with Crippen LogP contribution in [0.3, 0.4) is 0 Å². The number of hydrogen-bond acceptors (Lipinski definition) is 4. The minimum Gasteiger partial charge on any atom is -0.317 e. The molecule has 1 aliphatic carbocycles. The first kappa shape index (κ1) is 16.5. The van der Waals surface area contributed by atoms with Crippen molar-refractivity contribution in [1.82, 2.24) is 9.62 Å². The summed E-state index contributed by atoms with van der Waals surface area (Å²) in [6, 6.07) is 8.11. The molecule has 1 N–H and O–H groups in total. The molecule has 23 heavy (non-hydrogen) atoms. The van der Waals surface area contributed by atoms with Gasteiger partial charge in [-0.15, -0.1) is 0 Å². The summed E-state index contributed by atoms with van der Waals surface area (Å²) in [5.41, 5.74) is 0. The Morgan fingerprint density at radius 1 is 1.00 bits per heavy atom. The first-order chi connectivity index (χ1) is 11.1. The molecule has 5 nitrogen and oxygen atoms in total. The molecule has 0 unspecified atom stereocenters. The van der Waals surface area contributed by atoms with Gasteiger partial charge in [-0.2, -0.15) is 0 Å². The maximum atomic E-state index is 13.1. The quantitative estimate of drug-likeness (QED) is 0.915. The van der Waals surface area contributed by atoms with Crippen molar-refractivity contribution < 1.29 is 13.2 Å². The molecule has 1 saturated heterocycles. The van der Waals surface area contributed by atoms with Gasteiger partial charge in [-0.1, -0.05) is 31.0 Å². The van der Waals surface area contributed by atoms with E-state index in [1.165, 1.54) is 4.31 Å². The van der Waals surface area contributed by atoms with Crippen LogP contribution in [0.25, 0.3) is 0 Å². The summed E-state index contributed by atoms with van der Waals surface area (Å²) in [7, 11) is -3.78. The molecule has 1 saturated carbocycles. The van der Waals surface area contributed by atoms with Gasteiger partial charge in [-0.3, -0.25) is 4.79 Å². The van der Waals surface area contributed by atoms with Crippen molar-refractivity contribution in [3.63, 3.8) is 0 Å². The van der Waals surface area contributed by atoms with Crippen LogP contribution in [-0.2, 0) is 14.8 Å². The van der Waals surface area contributed by atoms with Crippen LogP contribution in [0.1, 0.15) is 38.5 Å². The van der Waals surface area contributed by atoms with Gasteiger partial charge >= 0.3 is 0 Å². The molecule has 1 amide bonds. The molecule has 0 bridgehead atoms. The van der Waals surface area contributed by atoms with Crippen molar-refractivity contribution in [2.24, 2.45) is 5.92 Å². The lowest BCUT2D eigenvalue weighted by Gasteiger charge is -2.35. The van der Waals surface area contributed by atoms with Crippen molar-refractivity contribution in [2.75, 3.05) is 13.1 Å². The topological polar surface area (TPSA) is 66.5 Å². The molecule has 6 heteroatoms. The van der Waals surface area contributed by atoms with Gasteiger partial charge in [0.05, 0.1) is 10.9 Å². The largest absolute Gasteiger partial charge is 0.317 e. The Balaban J connectivity index is 1.95. The zero-order chi connectivity index (χ0) is 16.3. The highest BCUT2D eigenvalue weighted by Crippen LogP contribution is 2.31. The van der Waals surface area contributed by atoms with Gasteiger partial charge in [-0.25, -0.2) is 12.7 Å². The number of carbonyl (C=O) groups excluding carboxylic acids is 1. The summed E-state index contributed by atoms with van der Waals surface area (Å²) in [4.78, 5) is 13.2. The maximum Gasteiger partial charge on any atom is 0.266 e. The lowest BCUT2D eigenvalue weighted by atomic mass is 10.0. The first-order valence-corrected chi connectivity index (χ1v) is 9.89. The Hall–Kier alpha value is -1.40. The normalized spacial score (nSPS) is 20.5. The van der Waals surface area contributed by atoms with Crippen LogP contribution in [0.5, 0.6) is 0 Å². The predicted octanol–water partition coefficient (Wildman–Crippen LogP) is 2.15. The Kier molecular flexibility index (Phi) is 5.02. The van der Waals surface area contributed by atoms with Crippen LogP contribution in [-0.4, -0.2) is 37.8 Å². The molecular weight excluding hydrogens is 312 g/mol. The molecule has 2 aliphatic rings. The van der Waals surface area contributed by atoms with Gasteiger partial charge in [0, 0.05) is 5.92 Å². The number of hydrogen-bond donors (Lipinski definition) is 1. The number of amides is 1. The van der Waals surface area contributed by atoms with Crippen molar-refractivity contribution in [3.05, 3.63) is 30.3 Å². The van der Waals surface area contributed by atoms with E-state index in [4.69, 9.17) is 0 Å². The summed E-state index contributed by atoms with van der Waals surface area (Å²) in [6.45, 7) is 1.51. The zero-order valence-corrected chi connectivity index (χ0v) is 14.1. The standard InChI is InChI=1S/C17H24N2O3S/c20-17(14-6-4-5-7-14)19(15-10-12-18-13-11-15)23(21,22)16-8-2-1-3-9-16/h1-3,8-9,14-15,18H,4-7,10-13H2. The van der Waals surface area contributed by atoms with Crippen LogP contribution in [0.2, 0.25) is 0 Å². The number of benzene rings is 1. The smallest absolute Gasteiger partial charge is 0.266 e. The van der Waals surface area contributed by atoms with E-state index in [2.05, 4.69) is 5.32 Å². The highest BCUT2D eigenvalue weighted by Gasteiger charge is 2.39. The molecule has 2 fully saturated rings. The molecule has 0 atom stereocenters. The highest BCUT2D eigenvalue weighted by atomic mass is 32.2. The lowest BCUT2D eigenvalue weighted by molar-refractivity contribution is -0.132. The monoisotopic (exact) mass is 336 g/mol. The molecule has 3 rings (SSSR count). The molecule has 1 aromatic carbocycles. The number of nitrogens with one attached hydrogen (secondary N) is 1. The van der Waals surface area contributed by atoms with Crippen LogP contribution in [0, 0.1) is 5.92 Å². The summed E-state index contributed by atoms with van der Waals surface area (Å²) < 4.78 is 27.5. The molecule has 0 aromatic heterocycles. The Morgan fingerprint density at radius 2 is 1.61 bits per heavy atom. The first-order valence-electron chi connectivity index (χ1n) is 8.45. The van der Waals surface area contributed by atoms with Gasteiger partial charge in [0.1, 0.15) is 0 Å². The van der Waals surface area contributed by atoms with Crippen LogP contribution >= 0.6 is 0 Å². The fourth-order valence-electron chi connectivity index (χ4n) is 3.59. The van der Waals surface area contributed by atoms with E-state index in [9.17, 15) is 13.2 Å². The summed E-state index contributed by atoms with van der Waals surface area (Å²) >= 11 is 0. The van der Waals surface area contributed by atoms with E-state index in [1.54, 1.807) is 30.3 Å². The number of carbonyl (C=O) groups is 1. The molecule has 1 aliphatic heterocycles. The SMILES string of the molecule is O=C(C1CCCC1)N(C1CCNCC1)S(=O)(=O)c1ccccc1. The summed E-state index contributed by atoms with van der Waals surface area (Å²) in [5.74, 6) is -0.332. The van der Waals surface area contributed by atoms with E-state index < -0.39 is 10.0 Å². The maximum absolute atomic E-state index is 13.1. The molecule has 1 heterocycles. The van der Waals surface area contributed by atoms with E-state index >= 15 is 0 Å². The average molecular weight is 336 g/mol. The molecular formula is C17H24N2O3S. The molecule has 1 aromatic rings. The Labute approximate surface area is 138 Å². The van der Waals surface area contributed by atoms with Crippen molar-refractivity contribution >= 4 is 15.9 Å². The molecule has 126 valence electrons. The summed E-state index contributed by atoms with van der Waals surface area (Å²) in [6.07, 6.45) is 5.02. The number of sulfonamides is 1. The average Bonchev–Trinajstić information content (AvgIpc) is 3.11. The van der Waals surface area contributed by atoms with Crippen LogP contribution in [0.4, 0.5) is 0 Å². The van der Waals surface area contributed by atoms with Crippen LogP contribution < -0.4 is 5.32 Å². The Bertz CT molecular complexity index is 633. The highest BCUT2D eigenvalue weighted by molar-refractivity contribution is 7.89. The fraction of sp³-hybridized carbons (Fsp3) is 0.588. The van der Waals surface area contributed by atoms with Gasteiger partial charge < -0.3 is 5.32 Å². The second-order valence-corrected chi connectivity index (χ2v) is 8.23. The third kappa shape index (κ3) is 3.43. The minimum absolute atomic E-state index is 0.136. The number of piperidine rings is 1. The van der Waals surface area contributed by atoms with E-state index in [0.717, 1.165) is 38.8 Å². The third-order valence-electron chi connectivity index (χ3n) is 4.86. The van der Waals surface area contributed by atoms with Gasteiger partial charge in [0.2, 0.25) is 5.91 Å². The van der Waals surface area contributed by atoms with Crippen molar-refractivity contribution in [3.8, 4) is 0 Å². The minimum atomic E-state index is -3.78. The fourth-order valence-corrected chi connectivity index (χ4v) is 5.31. The second-order valence-electron chi connectivity index (χ2n) is 6.41. The second kappa shape index (κ2) is 7.01. The van der Waals surface area contributed by atoms with Gasteiger partial charge in [0.25, 0.3) is 10.0 Å². The van der Waals surface area contributed by atoms with Gasteiger partial charge in [0.15, 0.2) is 0 Å². The van der Waals surface area contributed by atoms with Crippen molar-refractivity contribution in [2.45, 2.75) is 49.5 Å². The van der Waals surface area contributed by atoms with E-state index in [0.29, 0.717) is 12.8 Å². The number of rotatable bonds is 4. The van der Waals surface area contributed by atoms with E-state index in [-0.39, 0.29) is 22.8 Å². The zero-order valence-electron chi connectivity index (χ0n) is 13.3. The lowest BCUT2D eigenvalue weighted by Crippen LogP contribution is -2.50. The third-order valence-corrected chi connectivity index (χ3v) is 6.73. The molecule has 0 spiro atoms. The Morgan fingerprint density at radius 3 is 2.22 bits per heavy atom. The van der Waals surface area contributed by atoms with Crippen molar-refractivity contribution in [1.29, 1.82) is 0 Å². The predicted molar refractivity (Wildman–Crippen MR) is 88.3 cm³/mol. The van der Waals surface area contributed by atoms with Gasteiger partial charge in [-0.05, 0) is 50.9 Å². The summed E-state index contributed by atoms with van der Waals surface area (Å²) in [5, 5.41) is 3.24.